The van der Waals surface area contributed by atoms with Gasteiger partial charge in [-0.3, -0.25) is 5.10 Å². The third-order valence-corrected chi connectivity index (χ3v) is 4.82. The molecule has 1 aromatic heterocycles. The summed E-state index contributed by atoms with van der Waals surface area (Å²) in [6.07, 6.45) is 1.50. The third-order valence-electron chi connectivity index (χ3n) is 3.02. The average Bonchev–Trinajstić information content (AvgIpc) is 2.88. The van der Waals surface area contributed by atoms with E-state index in [1.807, 2.05) is 0 Å². The Morgan fingerprint density at radius 1 is 1.33 bits per heavy atom. The lowest BCUT2D eigenvalue weighted by Gasteiger charge is -2.14. The standard InChI is InChI=1S/C13H17ClN4O2S/c1-9(10-3-5-12(14)6-4-10)18-21(19,20)13-11(7-15-2)8-16-17-13/h3-6,8-9,15,18H,7H2,1-2H3,(H,16,17). The number of hydrogen-bond acceptors (Lipinski definition) is 4. The van der Waals surface area contributed by atoms with Crippen LogP contribution in [0.3, 0.4) is 0 Å². The van der Waals surface area contributed by atoms with Crippen LogP contribution in [0, 0.1) is 0 Å². The van der Waals surface area contributed by atoms with E-state index >= 15 is 0 Å². The molecule has 1 unspecified atom stereocenters. The fourth-order valence-corrected chi connectivity index (χ4v) is 3.45. The van der Waals surface area contributed by atoms with E-state index in [0.29, 0.717) is 17.1 Å². The van der Waals surface area contributed by atoms with Crippen LogP contribution in [0.4, 0.5) is 0 Å². The molecule has 0 bridgehead atoms. The van der Waals surface area contributed by atoms with E-state index in [9.17, 15) is 8.42 Å². The van der Waals surface area contributed by atoms with Crippen molar-refractivity contribution in [2.24, 2.45) is 0 Å². The van der Waals surface area contributed by atoms with Gasteiger partial charge in [-0.25, -0.2) is 13.1 Å². The molecule has 2 aromatic rings. The van der Waals surface area contributed by atoms with Crippen molar-refractivity contribution in [3.8, 4) is 0 Å². The van der Waals surface area contributed by atoms with Crippen molar-refractivity contribution < 1.29 is 8.42 Å². The van der Waals surface area contributed by atoms with Gasteiger partial charge >= 0.3 is 0 Å². The van der Waals surface area contributed by atoms with Crippen molar-refractivity contribution in [1.29, 1.82) is 0 Å². The van der Waals surface area contributed by atoms with E-state index in [1.165, 1.54) is 6.20 Å². The van der Waals surface area contributed by atoms with Crippen LogP contribution < -0.4 is 10.0 Å². The molecule has 0 aliphatic heterocycles. The van der Waals surface area contributed by atoms with Crippen molar-refractivity contribution in [3.63, 3.8) is 0 Å². The lowest BCUT2D eigenvalue weighted by molar-refractivity contribution is 0.560. The van der Waals surface area contributed by atoms with Crippen molar-refractivity contribution >= 4 is 21.6 Å². The Morgan fingerprint density at radius 3 is 2.62 bits per heavy atom. The van der Waals surface area contributed by atoms with Crippen molar-refractivity contribution in [3.05, 3.63) is 46.6 Å². The minimum Gasteiger partial charge on any atom is -0.316 e. The van der Waals surface area contributed by atoms with E-state index < -0.39 is 10.0 Å². The Morgan fingerprint density at radius 2 is 2.00 bits per heavy atom. The summed E-state index contributed by atoms with van der Waals surface area (Å²) in [5.41, 5.74) is 1.42. The van der Waals surface area contributed by atoms with Crippen LogP contribution in [0.25, 0.3) is 0 Å². The number of aromatic nitrogens is 2. The molecule has 0 fully saturated rings. The summed E-state index contributed by atoms with van der Waals surface area (Å²) in [5.74, 6) is 0. The summed E-state index contributed by atoms with van der Waals surface area (Å²) < 4.78 is 27.4. The minimum absolute atomic E-state index is 0.0812. The average molecular weight is 329 g/mol. The second-order valence-corrected chi connectivity index (χ2v) is 6.74. The summed E-state index contributed by atoms with van der Waals surface area (Å²) >= 11 is 5.83. The Balaban J connectivity index is 2.20. The molecule has 8 heteroatoms. The van der Waals surface area contributed by atoms with Gasteiger partial charge in [-0.2, -0.15) is 5.10 Å². The maximum Gasteiger partial charge on any atom is 0.258 e. The highest BCUT2D eigenvalue weighted by molar-refractivity contribution is 7.89. The van der Waals surface area contributed by atoms with Gasteiger partial charge in [0, 0.05) is 23.2 Å². The molecule has 1 aromatic carbocycles. The van der Waals surface area contributed by atoms with Gasteiger partial charge < -0.3 is 5.32 Å². The summed E-state index contributed by atoms with van der Waals surface area (Å²) in [6.45, 7) is 2.19. The number of H-pyrrole nitrogens is 1. The molecule has 0 amide bonds. The fourth-order valence-electron chi connectivity index (χ4n) is 1.96. The Hall–Kier alpha value is -1.41. The van der Waals surface area contributed by atoms with E-state index in [-0.39, 0.29) is 11.1 Å². The van der Waals surface area contributed by atoms with E-state index in [0.717, 1.165) is 5.56 Å². The van der Waals surface area contributed by atoms with Gasteiger partial charge in [0.2, 0.25) is 0 Å². The highest BCUT2D eigenvalue weighted by Crippen LogP contribution is 2.19. The number of benzene rings is 1. The topological polar surface area (TPSA) is 86.9 Å². The molecule has 0 saturated carbocycles. The zero-order valence-electron chi connectivity index (χ0n) is 11.7. The molecule has 1 heterocycles. The largest absolute Gasteiger partial charge is 0.316 e. The molecule has 2 rings (SSSR count). The van der Waals surface area contributed by atoms with Crippen molar-refractivity contribution in [2.75, 3.05) is 7.05 Å². The van der Waals surface area contributed by atoms with Crippen molar-refractivity contribution in [2.45, 2.75) is 24.5 Å². The number of sulfonamides is 1. The molecule has 0 radical (unpaired) electrons. The van der Waals surface area contributed by atoms with E-state index in [1.54, 1.807) is 38.2 Å². The van der Waals surface area contributed by atoms with Crippen LogP contribution in [-0.4, -0.2) is 25.7 Å². The van der Waals surface area contributed by atoms with Gasteiger partial charge in [-0.1, -0.05) is 23.7 Å². The SMILES string of the molecule is CNCc1cn[nH]c1S(=O)(=O)NC(C)c1ccc(Cl)cc1. The van der Waals surface area contributed by atoms with E-state index in [2.05, 4.69) is 20.2 Å². The lowest BCUT2D eigenvalue weighted by atomic mass is 10.1. The number of nitrogens with one attached hydrogen (secondary N) is 3. The number of aromatic amines is 1. The predicted octanol–water partition coefficient (Wildman–Crippen LogP) is 1.82. The first kappa shape index (κ1) is 16.0. The lowest BCUT2D eigenvalue weighted by Crippen LogP contribution is -2.28. The Bertz CT molecular complexity index is 697. The van der Waals surface area contributed by atoms with Crippen LogP contribution in [-0.2, 0) is 16.6 Å². The number of nitrogens with zero attached hydrogens (tertiary/aromatic N) is 1. The molecule has 1 atom stereocenters. The van der Waals surface area contributed by atoms with Gasteiger partial charge in [0.05, 0.1) is 6.20 Å². The van der Waals surface area contributed by atoms with Gasteiger partial charge in [0.1, 0.15) is 0 Å². The van der Waals surface area contributed by atoms with E-state index in [4.69, 9.17) is 11.6 Å². The normalized spacial score (nSPS) is 13.3. The number of hydrogen-bond donors (Lipinski definition) is 3. The third kappa shape index (κ3) is 3.82. The van der Waals surface area contributed by atoms with Crippen molar-refractivity contribution in [1.82, 2.24) is 20.2 Å². The monoisotopic (exact) mass is 328 g/mol. The molecular formula is C13H17ClN4O2S. The fraction of sp³-hybridized carbons (Fsp3) is 0.308. The van der Waals surface area contributed by atoms with Gasteiger partial charge in [-0.15, -0.1) is 0 Å². The van der Waals surface area contributed by atoms with Crippen LogP contribution in [0.1, 0.15) is 24.1 Å². The predicted molar refractivity (Wildman–Crippen MR) is 81.5 cm³/mol. The molecule has 0 saturated heterocycles. The second-order valence-electron chi connectivity index (χ2n) is 4.65. The molecule has 3 N–H and O–H groups in total. The Kier molecular flexibility index (Phi) is 5.00. The molecule has 6 nitrogen and oxygen atoms in total. The highest BCUT2D eigenvalue weighted by Gasteiger charge is 2.23. The summed E-state index contributed by atoms with van der Waals surface area (Å²) in [6, 6.07) is 6.65. The molecule has 0 aliphatic rings. The molecule has 21 heavy (non-hydrogen) atoms. The van der Waals surface area contributed by atoms with Crippen LogP contribution in [0.2, 0.25) is 5.02 Å². The van der Waals surface area contributed by atoms with Crippen LogP contribution in [0.15, 0.2) is 35.5 Å². The number of rotatable bonds is 6. The molecule has 114 valence electrons. The summed E-state index contributed by atoms with van der Waals surface area (Å²) in [5, 5.41) is 9.93. The Labute approximate surface area is 129 Å². The summed E-state index contributed by atoms with van der Waals surface area (Å²) in [4.78, 5) is 0. The minimum atomic E-state index is -3.67. The zero-order valence-corrected chi connectivity index (χ0v) is 13.3. The van der Waals surface area contributed by atoms with Crippen LogP contribution in [0.5, 0.6) is 0 Å². The van der Waals surface area contributed by atoms with Crippen LogP contribution >= 0.6 is 11.6 Å². The summed E-state index contributed by atoms with van der Waals surface area (Å²) in [7, 11) is -1.93. The maximum absolute atomic E-state index is 12.4. The number of halogens is 1. The first-order valence-electron chi connectivity index (χ1n) is 6.38. The molecular weight excluding hydrogens is 312 g/mol. The van der Waals surface area contributed by atoms with Gasteiger partial charge in [0.15, 0.2) is 5.03 Å². The quantitative estimate of drug-likeness (QED) is 0.755. The smallest absolute Gasteiger partial charge is 0.258 e. The van der Waals surface area contributed by atoms with Gasteiger partial charge in [-0.05, 0) is 31.7 Å². The zero-order chi connectivity index (χ0) is 15.5. The second kappa shape index (κ2) is 6.57. The molecule has 0 spiro atoms. The van der Waals surface area contributed by atoms with Gasteiger partial charge in [0.25, 0.3) is 10.0 Å². The highest BCUT2D eigenvalue weighted by atomic mass is 35.5. The molecule has 0 aliphatic carbocycles. The first-order valence-corrected chi connectivity index (χ1v) is 8.25. The maximum atomic E-state index is 12.4. The first-order chi connectivity index (χ1) is 9.94.